The lowest BCUT2D eigenvalue weighted by Gasteiger charge is -2.37. The standard InChI is InChI=1S/C62H84N12O18/c1-24(2)42-58(85)73-28(8)20-37(76)49(73)60(87)70(15)23-39(78)72(17)48(26(5)6)62(89)91-33(13)44(55(82)65-42)67-53(80)34-19-18-27(7)51-46(34)64-47-40(41(63)50(79)29(9)52(47)92-51)54(81)68-45-32(12)90-61(88)31(11)71(16)38(77)22-69(14)57(84)35-21-36(75)30(10)74(35)59(86)43(25(3)4)66-56(45)83/h18-19,24-26,28,30-33,35,37,42-45,48-49,76H,20-23,63H2,1-17H3,(H,65,82)(H,66,83)(H,67,80)(H,68,81)/t28?,30?,31-,32+,33+,35-,37?,42+,43+,44-,45-,48-,49-/m0/s1. The van der Waals surface area contributed by atoms with Crippen LogP contribution in [-0.4, -0.2) is 236 Å². The number of nitrogen functional groups attached to an aromatic ring is 1. The fraction of sp³-hybridized carbons (Fsp3) is 0.597. The molecule has 0 aromatic heterocycles. The summed E-state index contributed by atoms with van der Waals surface area (Å²) in [6.07, 6.45) is -5.02. The Bertz CT molecular complexity index is 3570. The third-order valence-corrected chi connectivity index (χ3v) is 17.9. The van der Waals surface area contributed by atoms with E-state index in [9.17, 15) is 62.6 Å². The second-order valence-corrected chi connectivity index (χ2v) is 25.6. The van der Waals surface area contributed by atoms with Gasteiger partial charge in [0.15, 0.2) is 17.1 Å². The number of cyclic esters (lactones) is 2. The van der Waals surface area contributed by atoms with Crippen LogP contribution in [0.5, 0.6) is 0 Å². The van der Waals surface area contributed by atoms with Crippen LogP contribution in [-0.2, 0) is 62.2 Å². The SMILES string of the molecule is Cc1c2oc3c(C)ccc(C(=O)N[C@@H]4C(=O)N[C@H](C(C)C)C(=O)N5C(C)CC(O)[C@H]5C(=O)N(C)CC(=O)N(C)[C@@H](C(C)C)C(=O)O[C@@H]4C)c3nc-2c(C(=O)N[C@@H]2C(=O)N[C@H](C(C)C)C(=O)N3C(C)C(=O)C[C@H]3C(=O)N(C)CC(=O)N(C)[C@@H](C)C(=O)O[C@@H]2C)c(N)c1=O. The number of hydrogen-bond donors (Lipinski definition) is 6. The number of carbonyl (C=O) groups excluding carboxylic acids is 13. The van der Waals surface area contributed by atoms with E-state index in [1.807, 2.05) is 0 Å². The molecule has 5 heterocycles. The van der Waals surface area contributed by atoms with Crippen LogP contribution >= 0.6 is 0 Å². The lowest BCUT2D eigenvalue weighted by molar-refractivity contribution is -0.163. The number of esters is 2. The number of aryl methyl sites for hydroxylation is 1. The number of aromatic nitrogens is 1. The van der Waals surface area contributed by atoms with E-state index in [-0.39, 0.29) is 34.4 Å². The van der Waals surface area contributed by atoms with E-state index in [0.717, 1.165) is 24.5 Å². The molecule has 1 aromatic carbocycles. The van der Waals surface area contributed by atoms with E-state index >= 15 is 9.59 Å². The number of amides is 10. The number of ether oxygens (including phenoxy) is 2. The minimum atomic E-state index is -1.97. The van der Waals surface area contributed by atoms with E-state index in [0.29, 0.717) is 5.56 Å². The lowest BCUT2D eigenvalue weighted by Crippen LogP contribution is -2.62. The number of aliphatic hydroxyl groups is 1. The molecule has 7 N–H and O–H groups in total. The average Bonchev–Trinajstić information content (AvgIpc) is 1.23. The van der Waals surface area contributed by atoms with Gasteiger partial charge in [-0.25, -0.2) is 14.6 Å². The molecule has 4 fully saturated rings. The second kappa shape index (κ2) is 27.4. The van der Waals surface area contributed by atoms with Crippen LogP contribution < -0.4 is 32.4 Å². The zero-order valence-electron chi connectivity index (χ0n) is 54.8. The number of carbonyl (C=O) groups is 13. The van der Waals surface area contributed by atoms with E-state index in [1.165, 1.54) is 79.8 Å². The molecular formula is C62H84N12O18. The Hall–Kier alpha value is -9.09. The molecule has 0 radical (unpaired) electrons. The van der Waals surface area contributed by atoms with Crippen molar-refractivity contribution in [3.63, 3.8) is 0 Å². The number of aliphatic hydroxyl groups excluding tert-OH is 1. The summed E-state index contributed by atoms with van der Waals surface area (Å²) >= 11 is 0. The first-order valence-electron chi connectivity index (χ1n) is 30.5. The minimum Gasteiger partial charge on any atom is -0.458 e. The largest absolute Gasteiger partial charge is 0.458 e. The summed E-state index contributed by atoms with van der Waals surface area (Å²) in [6.45, 7) is 18.2. The van der Waals surface area contributed by atoms with Crippen LogP contribution in [0.3, 0.4) is 0 Å². The van der Waals surface area contributed by atoms with E-state index in [2.05, 4.69) is 21.3 Å². The molecule has 1 aliphatic carbocycles. The number of Topliss-reactive ketones (excluding diaryl/α,β-unsaturated/α-hetero) is 1. The molecule has 13 atom stereocenters. The molecule has 0 saturated carbocycles. The fourth-order valence-corrected chi connectivity index (χ4v) is 12.1. The Labute approximate surface area is 531 Å². The van der Waals surface area contributed by atoms with Crippen molar-refractivity contribution in [1.29, 1.82) is 0 Å². The molecule has 0 spiro atoms. The number of nitrogens with two attached hydrogens (primary N) is 1. The molecule has 30 nitrogen and oxygen atoms in total. The predicted molar refractivity (Wildman–Crippen MR) is 327 cm³/mol. The maximum Gasteiger partial charge on any atom is 0.329 e. The molecule has 4 saturated heterocycles. The summed E-state index contributed by atoms with van der Waals surface area (Å²) in [5.41, 5.74) is 3.10. The highest BCUT2D eigenvalue weighted by Crippen LogP contribution is 2.36. The van der Waals surface area contributed by atoms with Crippen LogP contribution in [0, 0.1) is 31.6 Å². The molecule has 3 unspecified atom stereocenters. The van der Waals surface area contributed by atoms with Crippen LogP contribution in [0.1, 0.15) is 121 Å². The van der Waals surface area contributed by atoms with Gasteiger partial charge in [0.05, 0.1) is 42.0 Å². The van der Waals surface area contributed by atoms with Crippen molar-refractivity contribution in [2.75, 3.05) is 47.0 Å². The molecule has 1 aromatic rings. The maximum absolute atomic E-state index is 15.1. The minimum absolute atomic E-state index is 0.0284. The average molecular weight is 1290 g/mol. The zero-order valence-corrected chi connectivity index (χ0v) is 54.8. The monoisotopic (exact) mass is 1280 g/mol. The number of fused-ring (bicyclic) bond motifs is 4. The van der Waals surface area contributed by atoms with Crippen molar-refractivity contribution < 1.29 is 81.3 Å². The Morgan fingerprint density at radius 3 is 1.72 bits per heavy atom. The van der Waals surface area contributed by atoms with Gasteiger partial charge in [-0.3, -0.25) is 57.5 Å². The number of nitrogens with one attached hydrogen (secondary N) is 4. The molecule has 10 amide bonds. The quantitative estimate of drug-likeness (QED) is 0.0940. The molecule has 0 bridgehead atoms. The first-order valence-corrected chi connectivity index (χ1v) is 30.5. The maximum atomic E-state index is 15.1. The smallest absolute Gasteiger partial charge is 0.329 e. The van der Waals surface area contributed by atoms with Crippen molar-refractivity contribution in [2.24, 2.45) is 17.8 Å². The molecule has 6 aliphatic rings. The third-order valence-electron chi connectivity index (χ3n) is 17.9. The molecule has 30 heteroatoms. The highest BCUT2D eigenvalue weighted by molar-refractivity contribution is 6.11. The van der Waals surface area contributed by atoms with Crippen LogP contribution in [0.15, 0.2) is 21.3 Å². The van der Waals surface area contributed by atoms with Crippen LogP contribution in [0.4, 0.5) is 5.69 Å². The topological polar surface area (TPSA) is 397 Å². The normalized spacial score (nSPS) is 28.3. The Morgan fingerprint density at radius 1 is 0.663 bits per heavy atom. The van der Waals surface area contributed by atoms with Crippen LogP contribution in [0.25, 0.3) is 22.6 Å². The van der Waals surface area contributed by atoms with Gasteiger partial charge < -0.3 is 75.4 Å². The lowest BCUT2D eigenvalue weighted by atomic mass is 9.98. The van der Waals surface area contributed by atoms with Gasteiger partial charge in [0.25, 0.3) is 11.8 Å². The predicted octanol–water partition coefficient (Wildman–Crippen LogP) is -0.984. The first-order chi connectivity index (χ1) is 42.8. The van der Waals surface area contributed by atoms with Gasteiger partial charge in [0, 0.05) is 46.2 Å². The number of nitrogens with zero attached hydrogens (tertiary/aromatic N) is 7. The summed E-state index contributed by atoms with van der Waals surface area (Å²) < 4.78 is 18.1. The molecule has 7 rings (SSSR count). The van der Waals surface area contributed by atoms with Crippen molar-refractivity contribution >= 4 is 93.6 Å². The Balaban J connectivity index is 1.33. The van der Waals surface area contributed by atoms with Gasteiger partial charge >= 0.3 is 11.9 Å². The van der Waals surface area contributed by atoms with Crippen molar-refractivity contribution in [3.05, 3.63) is 44.6 Å². The highest BCUT2D eigenvalue weighted by atomic mass is 16.6. The molecular weight excluding hydrogens is 1200 g/mol. The Kier molecular flexibility index (Phi) is 21.0. The first kappa shape index (κ1) is 70.4. The number of ketones is 1. The summed E-state index contributed by atoms with van der Waals surface area (Å²) in [5, 5.41) is 21.7. The number of anilines is 1. The van der Waals surface area contributed by atoms with Gasteiger partial charge in [-0.05, 0) is 84.3 Å². The second-order valence-electron chi connectivity index (χ2n) is 25.6. The highest BCUT2D eigenvalue weighted by Gasteiger charge is 2.51. The number of likely N-dealkylation sites (N-methyl/N-ethyl adjacent to an activating group) is 4. The van der Waals surface area contributed by atoms with Crippen molar-refractivity contribution in [1.82, 2.24) is 55.7 Å². The molecule has 5 aliphatic heterocycles. The number of benzene rings is 2. The van der Waals surface area contributed by atoms with E-state index in [4.69, 9.17) is 24.6 Å². The molecule has 500 valence electrons. The van der Waals surface area contributed by atoms with Gasteiger partial charge in [0.2, 0.25) is 52.7 Å². The van der Waals surface area contributed by atoms with Crippen LogP contribution in [0.2, 0.25) is 0 Å². The van der Waals surface area contributed by atoms with E-state index in [1.54, 1.807) is 55.4 Å². The third kappa shape index (κ3) is 13.5. The number of rotatable bonds is 7. The Morgan fingerprint density at radius 2 is 1.17 bits per heavy atom. The fourth-order valence-electron chi connectivity index (χ4n) is 12.1. The van der Waals surface area contributed by atoms with Crippen molar-refractivity contribution in [3.8, 4) is 11.5 Å². The van der Waals surface area contributed by atoms with E-state index < -0.39 is 215 Å². The summed E-state index contributed by atoms with van der Waals surface area (Å²) in [6, 6.07) is -11.4. The molecule has 92 heavy (non-hydrogen) atoms. The summed E-state index contributed by atoms with van der Waals surface area (Å²) in [4.78, 5) is 211. The van der Waals surface area contributed by atoms with Gasteiger partial charge in [0.1, 0.15) is 71.8 Å². The van der Waals surface area contributed by atoms with Gasteiger partial charge in [-0.15, -0.1) is 0 Å². The summed E-state index contributed by atoms with van der Waals surface area (Å²) in [5.74, 6) is -14.2. The van der Waals surface area contributed by atoms with Crippen molar-refractivity contribution in [2.45, 2.75) is 182 Å². The zero-order chi connectivity index (χ0) is 68.9. The number of hydrogen-bond acceptors (Lipinski definition) is 20. The van der Waals surface area contributed by atoms with Gasteiger partial charge in [-0.1, -0.05) is 47.6 Å². The summed E-state index contributed by atoms with van der Waals surface area (Å²) in [7, 11) is 5.21. The van der Waals surface area contributed by atoms with Gasteiger partial charge in [-0.2, -0.15) is 0 Å².